The van der Waals surface area contributed by atoms with Gasteiger partial charge >= 0.3 is 0 Å². The number of hydrogen-bond donors (Lipinski definition) is 3. The van der Waals surface area contributed by atoms with Crippen LogP contribution in [0.15, 0.2) is 48.7 Å². The summed E-state index contributed by atoms with van der Waals surface area (Å²) in [5.74, 6) is 1.36. The van der Waals surface area contributed by atoms with Crippen molar-refractivity contribution < 1.29 is 14.0 Å². The number of aryl methyl sites for hydroxylation is 2. The second kappa shape index (κ2) is 10.2. The van der Waals surface area contributed by atoms with E-state index in [4.69, 9.17) is 0 Å². The van der Waals surface area contributed by atoms with Crippen molar-refractivity contribution in [2.75, 3.05) is 35.2 Å². The third-order valence-electron chi connectivity index (χ3n) is 5.37. The lowest BCUT2D eigenvalue weighted by Gasteiger charge is -2.16. The number of amides is 2. The van der Waals surface area contributed by atoms with Crippen molar-refractivity contribution in [3.63, 3.8) is 0 Å². The number of carbonyl (C=O) groups excluding carboxylic acids is 2. The van der Waals surface area contributed by atoms with Crippen LogP contribution in [0.5, 0.6) is 0 Å². The van der Waals surface area contributed by atoms with Crippen LogP contribution in [0.25, 0.3) is 0 Å². The number of pyridine rings is 1. The first kappa shape index (κ1) is 23.1. The van der Waals surface area contributed by atoms with E-state index in [-0.39, 0.29) is 30.6 Å². The molecule has 0 bridgehead atoms. The summed E-state index contributed by atoms with van der Waals surface area (Å²) < 4.78 is 13.1. The second-order valence-electron chi connectivity index (χ2n) is 8.13. The van der Waals surface area contributed by atoms with Crippen LogP contribution in [-0.4, -0.2) is 46.4 Å². The minimum absolute atomic E-state index is 0.129. The number of anilines is 4. The van der Waals surface area contributed by atoms with Crippen LogP contribution < -0.4 is 20.9 Å². The standard InChI is InChI=1S/C24H26FN7O2/c1-15-7-8-26-20(11-15)31-22-13-21(29-16(2)30-22)27-9-10-28-24(34)17-12-23(33)32(14-17)19-5-3-18(25)4-6-19/h3-8,11,13,17H,9-10,12,14H2,1-2H3,(H,28,34)(H2,26,27,29,30,31). The maximum Gasteiger partial charge on any atom is 0.227 e. The topological polar surface area (TPSA) is 112 Å². The number of nitrogens with one attached hydrogen (secondary N) is 3. The summed E-state index contributed by atoms with van der Waals surface area (Å²) in [4.78, 5) is 39.4. The number of aromatic nitrogens is 3. The molecule has 0 saturated carbocycles. The Morgan fingerprint density at radius 2 is 1.82 bits per heavy atom. The molecule has 3 N–H and O–H groups in total. The monoisotopic (exact) mass is 463 g/mol. The third kappa shape index (κ3) is 5.83. The second-order valence-corrected chi connectivity index (χ2v) is 8.13. The molecule has 1 saturated heterocycles. The van der Waals surface area contributed by atoms with Gasteiger partial charge in [-0.15, -0.1) is 0 Å². The molecular formula is C24H26FN7O2. The van der Waals surface area contributed by atoms with Crippen molar-refractivity contribution in [3.05, 3.63) is 65.9 Å². The van der Waals surface area contributed by atoms with E-state index in [0.29, 0.717) is 42.1 Å². The van der Waals surface area contributed by atoms with Gasteiger partial charge < -0.3 is 20.9 Å². The number of carbonyl (C=O) groups is 2. The molecule has 2 aromatic heterocycles. The molecule has 34 heavy (non-hydrogen) atoms. The van der Waals surface area contributed by atoms with Gasteiger partial charge in [0.05, 0.1) is 5.92 Å². The van der Waals surface area contributed by atoms with Gasteiger partial charge in [0, 0.05) is 44.0 Å². The Labute approximate surface area is 196 Å². The highest BCUT2D eigenvalue weighted by molar-refractivity contribution is 6.00. The maximum atomic E-state index is 13.1. The van der Waals surface area contributed by atoms with Gasteiger partial charge in [-0.25, -0.2) is 19.3 Å². The predicted octanol–water partition coefficient (Wildman–Crippen LogP) is 2.95. The lowest BCUT2D eigenvalue weighted by molar-refractivity contribution is -0.126. The average molecular weight is 464 g/mol. The van der Waals surface area contributed by atoms with Gasteiger partial charge in [0.25, 0.3) is 0 Å². The zero-order valence-electron chi connectivity index (χ0n) is 19.0. The highest BCUT2D eigenvalue weighted by atomic mass is 19.1. The molecular weight excluding hydrogens is 437 g/mol. The van der Waals surface area contributed by atoms with Crippen molar-refractivity contribution in [1.29, 1.82) is 0 Å². The average Bonchev–Trinajstić information content (AvgIpc) is 3.18. The summed E-state index contributed by atoms with van der Waals surface area (Å²) in [6.07, 6.45) is 1.86. The minimum Gasteiger partial charge on any atom is -0.368 e. The number of hydrogen-bond acceptors (Lipinski definition) is 7. The largest absolute Gasteiger partial charge is 0.368 e. The van der Waals surface area contributed by atoms with E-state index in [0.717, 1.165) is 5.56 Å². The normalized spacial score (nSPS) is 15.3. The smallest absolute Gasteiger partial charge is 0.227 e. The number of benzene rings is 1. The van der Waals surface area contributed by atoms with Crippen molar-refractivity contribution in [3.8, 4) is 0 Å². The minimum atomic E-state index is -0.448. The molecule has 176 valence electrons. The van der Waals surface area contributed by atoms with Crippen LogP contribution in [0.4, 0.5) is 27.5 Å². The first-order valence-corrected chi connectivity index (χ1v) is 11.0. The summed E-state index contributed by atoms with van der Waals surface area (Å²) in [6.45, 7) is 4.88. The van der Waals surface area contributed by atoms with Crippen molar-refractivity contribution in [1.82, 2.24) is 20.3 Å². The summed E-state index contributed by atoms with van der Waals surface area (Å²) in [5, 5.41) is 9.21. The summed E-state index contributed by atoms with van der Waals surface area (Å²) in [5.41, 5.74) is 1.68. The van der Waals surface area contributed by atoms with E-state index in [9.17, 15) is 14.0 Å². The van der Waals surface area contributed by atoms with Crippen LogP contribution in [0, 0.1) is 25.6 Å². The van der Waals surface area contributed by atoms with Gasteiger partial charge in [-0.2, -0.15) is 0 Å². The lowest BCUT2D eigenvalue weighted by atomic mass is 10.1. The molecule has 9 nitrogen and oxygen atoms in total. The fraction of sp³-hybridized carbons (Fsp3) is 0.292. The first-order chi connectivity index (χ1) is 16.4. The molecule has 4 rings (SSSR count). The molecule has 3 aromatic rings. The van der Waals surface area contributed by atoms with Gasteiger partial charge in [0.15, 0.2) is 0 Å². The quantitative estimate of drug-likeness (QED) is 0.440. The van der Waals surface area contributed by atoms with Crippen molar-refractivity contribution in [2.45, 2.75) is 20.3 Å². The Morgan fingerprint density at radius 1 is 1.06 bits per heavy atom. The number of halogens is 1. The van der Waals surface area contributed by atoms with Gasteiger partial charge in [0.2, 0.25) is 11.8 Å². The molecule has 1 aliphatic heterocycles. The fourth-order valence-electron chi connectivity index (χ4n) is 3.73. The Hall–Kier alpha value is -4.08. The van der Waals surface area contributed by atoms with Crippen molar-refractivity contribution in [2.24, 2.45) is 5.92 Å². The third-order valence-corrected chi connectivity index (χ3v) is 5.37. The zero-order valence-corrected chi connectivity index (χ0v) is 19.0. The molecule has 1 aromatic carbocycles. The van der Waals surface area contributed by atoms with E-state index in [1.165, 1.54) is 17.0 Å². The van der Waals surface area contributed by atoms with E-state index < -0.39 is 5.92 Å². The van der Waals surface area contributed by atoms with Crippen molar-refractivity contribution >= 4 is 35.0 Å². The molecule has 1 fully saturated rings. The van der Waals surface area contributed by atoms with E-state index >= 15 is 0 Å². The van der Waals surface area contributed by atoms with Gasteiger partial charge in [-0.1, -0.05) is 0 Å². The molecule has 2 amide bonds. The Morgan fingerprint density at radius 3 is 2.59 bits per heavy atom. The van der Waals surface area contributed by atoms with Crippen LogP contribution in [0.2, 0.25) is 0 Å². The van der Waals surface area contributed by atoms with Gasteiger partial charge in [0.1, 0.15) is 29.1 Å². The van der Waals surface area contributed by atoms with Gasteiger partial charge in [-0.3, -0.25) is 9.59 Å². The molecule has 1 aliphatic rings. The first-order valence-electron chi connectivity index (χ1n) is 11.0. The molecule has 0 radical (unpaired) electrons. The predicted molar refractivity (Wildman–Crippen MR) is 127 cm³/mol. The molecule has 1 atom stereocenters. The zero-order chi connectivity index (χ0) is 24.1. The SMILES string of the molecule is Cc1ccnc(Nc2cc(NCCNC(=O)C3CC(=O)N(c4ccc(F)cc4)C3)nc(C)n2)c1. The molecule has 3 heterocycles. The summed E-state index contributed by atoms with van der Waals surface area (Å²) in [7, 11) is 0. The molecule has 0 spiro atoms. The van der Waals surface area contributed by atoms with E-state index in [1.54, 1.807) is 31.3 Å². The lowest BCUT2D eigenvalue weighted by Crippen LogP contribution is -2.35. The van der Waals surface area contributed by atoms with Crippen LogP contribution in [0.3, 0.4) is 0 Å². The van der Waals surface area contributed by atoms with E-state index in [2.05, 4.69) is 30.9 Å². The van der Waals surface area contributed by atoms with Crippen LogP contribution in [0.1, 0.15) is 17.8 Å². The Kier molecular flexibility index (Phi) is 6.95. The highest BCUT2D eigenvalue weighted by Crippen LogP contribution is 2.25. The summed E-state index contributed by atoms with van der Waals surface area (Å²) >= 11 is 0. The molecule has 1 unspecified atom stereocenters. The van der Waals surface area contributed by atoms with Crippen LogP contribution in [-0.2, 0) is 9.59 Å². The Bertz CT molecular complexity index is 1190. The number of nitrogens with zero attached hydrogens (tertiary/aromatic N) is 4. The Balaban J connectivity index is 1.26. The highest BCUT2D eigenvalue weighted by Gasteiger charge is 2.34. The molecule has 10 heteroatoms. The molecule has 0 aliphatic carbocycles. The van der Waals surface area contributed by atoms with Crippen LogP contribution >= 0.6 is 0 Å². The van der Waals surface area contributed by atoms with Gasteiger partial charge in [-0.05, 0) is 55.8 Å². The number of rotatable bonds is 8. The summed E-state index contributed by atoms with van der Waals surface area (Å²) in [6, 6.07) is 11.3. The fourth-order valence-corrected chi connectivity index (χ4v) is 3.73. The van der Waals surface area contributed by atoms with E-state index in [1.807, 2.05) is 19.1 Å². The maximum absolute atomic E-state index is 13.1.